The summed E-state index contributed by atoms with van der Waals surface area (Å²) >= 11 is 0. The highest BCUT2D eigenvalue weighted by Gasteiger charge is 2.21. The quantitative estimate of drug-likeness (QED) is 0.266. The van der Waals surface area contributed by atoms with Crippen molar-refractivity contribution in [3.05, 3.63) is 82.3 Å². The van der Waals surface area contributed by atoms with Crippen LogP contribution in [0, 0.1) is 0 Å². The minimum absolute atomic E-state index is 0.0400. The Morgan fingerprint density at radius 1 is 1.15 bits per heavy atom. The number of phenols is 1. The average molecular weight is 444 g/mol. The summed E-state index contributed by atoms with van der Waals surface area (Å²) in [5.74, 6) is -1.08. The Kier molecular flexibility index (Phi) is 6.03. The molecule has 1 amide bonds. The molecule has 2 aromatic carbocycles. The van der Waals surface area contributed by atoms with Gasteiger partial charge in [-0.05, 0) is 42.8 Å². The van der Waals surface area contributed by atoms with Crippen molar-refractivity contribution >= 4 is 22.9 Å². The van der Waals surface area contributed by atoms with Gasteiger partial charge in [0.2, 0.25) is 5.88 Å². The SMILES string of the molecule is CCOc1nc(-c2ccccc2)cc2c(O)c(C(=O)N/N=C/c3ccc(O)cc3)[nH]c(=O)c12. The second-order valence-corrected chi connectivity index (χ2v) is 7.00. The molecular weight excluding hydrogens is 424 g/mol. The molecule has 0 bridgehead atoms. The highest BCUT2D eigenvalue weighted by molar-refractivity contribution is 6.03. The van der Waals surface area contributed by atoms with Crippen molar-refractivity contribution in [3.8, 4) is 28.6 Å². The van der Waals surface area contributed by atoms with Gasteiger partial charge in [0.1, 0.15) is 11.1 Å². The summed E-state index contributed by atoms with van der Waals surface area (Å²) < 4.78 is 5.56. The Hall–Kier alpha value is -4.66. The van der Waals surface area contributed by atoms with Crippen molar-refractivity contribution in [2.75, 3.05) is 6.61 Å². The van der Waals surface area contributed by atoms with E-state index >= 15 is 0 Å². The maximum Gasteiger partial charge on any atom is 0.291 e. The molecule has 0 aliphatic carbocycles. The van der Waals surface area contributed by atoms with Crippen molar-refractivity contribution < 1.29 is 19.7 Å². The molecular formula is C24H20N4O5. The van der Waals surface area contributed by atoms with Gasteiger partial charge in [0, 0.05) is 10.9 Å². The average Bonchev–Trinajstić information content (AvgIpc) is 2.83. The van der Waals surface area contributed by atoms with Gasteiger partial charge in [-0.2, -0.15) is 5.10 Å². The number of aromatic nitrogens is 2. The number of fused-ring (bicyclic) bond motifs is 1. The monoisotopic (exact) mass is 444 g/mol. The van der Waals surface area contributed by atoms with E-state index in [-0.39, 0.29) is 34.7 Å². The van der Waals surface area contributed by atoms with Crippen molar-refractivity contribution in [1.29, 1.82) is 0 Å². The van der Waals surface area contributed by atoms with Gasteiger partial charge in [-0.15, -0.1) is 0 Å². The number of pyridine rings is 2. The van der Waals surface area contributed by atoms with E-state index in [1.807, 2.05) is 30.3 Å². The first-order chi connectivity index (χ1) is 16.0. The van der Waals surface area contributed by atoms with Crippen LogP contribution in [-0.2, 0) is 0 Å². The predicted molar refractivity (Wildman–Crippen MR) is 124 cm³/mol. The molecule has 166 valence electrons. The summed E-state index contributed by atoms with van der Waals surface area (Å²) in [5, 5.41) is 24.2. The Bertz CT molecular complexity index is 1400. The fourth-order valence-corrected chi connectivity index (χ4v) is 3.24. The maximum atomic E-state index is 12.8. The molecule has 33 heavy (non-hydrogen) atoms. The minimum atomic E-state index is -0.808. The van der Waals surface area contributed by atoms with E-state index in [9.17, 15) is 19.8 Å². The Balaban J connectivity index is 1.75. The number of amides is 1. The number of rotatable bonds is 6. The first-order valence-electron chi connectivity index (χ1n) is 10.1. The molecule has 9 nitrogen and oxygen atoms in total. The third-order valence-electron chi connectivity index (χ3n) is 4.79. The summed E-state index contributed by atoms with van der Waals surface area (Å²) in [6.07, 6.45) is 1.36. The number of nitrogens with one attached hydrogen (secondary N) is 2. The standard InChI is InChI=1S/C24H20N4O5/c1-2-33-24-19-17(12-18(26-24)15-6-4-3-5-7-15)21(30)20(27-22(19)31)23(32)28-25-13-14-8-10-16(29)11-9-14/h3-13,29-30H,2H2,1H3,(H,27,31)(H,28,32)/b25-13+. The molecule has 0 radical (unpaired) electrons. The normalized spacial score (nSPS) is 11.1. The van der Waals surface area contributed by atoms with Crippen LogP contribution in [0.15, 0.2) is 70.6 Å². The number of benzene rings is 2. The van der Waals surface area contributed by atoms with Gasteiger partial charge < -0.3 is 19.9 Å². The maximum absolute atomic E-state index is 12.8. The summed E-state index contributed by atoms with van der Waals surface area (Å²) in [6, 6.07) is 16.9. The lowest BCUT2D eigenvalue weighted by Gasteiger charge is -2.12. The van der Waals surface area contributed by atoms with Crippen molar-refractivity contribution in [2.45, 2.75) is 6.92 Å². The lowest BCUT2D eigenvalue weighted by Crippen LogP contribution is -2.23. The number of nitrogens with zero attached hydrogens (tertiary/aromatic N) is 2. The largest absolute Gasteiger partial charge is 0.508 e. The van der Waals surface area contributed by atoms with E-state index in [1.54, 1.807) is 19.1 Å². The van der Waals surface area contributed by atoms with E-state index in [0.29, 0.717) is 11.3 Å². The molecule has 4 rings (SSSR count). The zero-order valence-electron chi connectivity index (χ0n) is 17.6. The van der Waals surface area contributed by atoms with Gasteiger partial charge in [-0.1, -0.05) is 30.3 Å². The number of aromatic amines is 1. The van der Waals surface area contributed by atoms with Gasteiger partial charge in [0.15, 0.2) is 11.4 Å². The van der Waals surface area contributed by atoms with E-state index in [0.717, 1.165) is 5.56 Å². The second-order valence-electron chi connectivity index (χ2n) is 7.00. The van der Waals surface area contributed by atoms with Crippen LogP contribution in [0.4, 0.5) is 0 Å². The zero-order valence-corrected chi connectivity index (χ0v) is 17.6. The van der Waals surface area contributed by atoms with E-state index in [2.05, 4.69) is 20.5 Å². The number of phenolic OH excluding ortho intramolecular Hbond substituents is 1. The lowest BCUT2D eigenvalue weighted by atomic mass is 10.1. The Morgan fingerprint density at radius 2 is 1.88 bits per heavy atom. The number of aromatic hydroxyl groups is 2. The molecule has 4 N–H and O–H groups in total. The van der Waals surface area contributed by atoms with Crippen molar-refractivity contribution in [1.82, 2.24) is 15.4 Å². The molecule has 2 aromatic heterocycles. The molecule has 4 aromatic rings. The molecule has 0 aliphatic rings. The van der Waals surface area contributed by atoms with E-state index < -0.39 is 17.2 Å². The van der Waals surface area contributed by atoms with Crippen LogP contribution in [0.5, 0.6) is 17.4 Å². The molecule has 0 saturated carbocycles. The number of hydrogen-bond acceptors (Lipinski definition) is 7. The lowest BCUT2D eigenvalue weighted by molar-refractivity contribution is 0.0947. The Morgan fingerprint density at radius 3 is 2.58 bits per heavy atom. The molecule has 0 fully saturated rings. The number of ether oxygens (including phenoxy) is 1. The fraction of sp³-hybridized carbons (Fsp3) is 0.0833. The third-order valence-corrected chi connectivity index (χ3v) is 4.79. The first-order valence-corrected chi connectivity index (χ1v) is 10.1. The highest BCUT2D eigenvalue weighted by atomic mass is 16.5. The van der Waals surface area contributed by atoms with Crippen LogP contribution >= 0.6 is 0 Å². The van der Waals surface area contributed by atoms with Gasteiger partial charge in [0.05, 0.1) is 18.5 Å². The van der Waals surface area contributed by atoms with Gasteiger partial charge >= 0.3 is 0 Å². The predicted octanol–water partition coefficient (Wildman–Crippen LogP) is 3.16. The number of hydrogen-bond donors (Lipinski definition) is 4. The van der Waals surface area contributed by atoms with E-state index in [1.165, 1.54) is 24.4 Å². The molecule has 0 spiro atoms. The number of H-pyrrole nitrogens is 1. The van der Waals surface area contributed by atoms with Crippen LogP contribution in [0.2, 0.25) is 0 Å². The summed E-state index contributed by atoms with van der Waals surface area (Å²) in [7, 11) is 0. The second kappa shape index (κ2) is 9.23. The zero-order chi connectivity index (χ0) is 23.4. The number of carbonyl (C=O) groups excluding carboxylic acids is 1. The molecule has 0 unspecified atom stereocenters. The van der Waals surface area contributed by atoms with Crippen molar-refractivity contribution in [2.24, 2.45) is 5.10 Å². The topological polar surface area (TPSA) is 137 Å². The van der Waals surface area contributed by atoms with Crippen LogP contribution in [0.1, 0.15) is 23.0 Å². The molecule has 0 aliphatic heterocycles. The number of carbonyl (C=O) groups is 1. The van der Waals surface area contributed by atoms with Gasteiger partial charge in [-0.25, -0.2) is 10.4 Å². The minimum Gasteiger partial charge on any atom is -0.508 e. The van der Waals surface area contributed by atoms with Crippen molar-refractivity contribution in [3.63, 3.8) is 0 Å². The molecule has 0 atom stereocenters. The summed E-state index contributed by atoms with van der Waals surface area (Å²) in [5.41, 5.74) is 3.15. The first kappa shape index (κ1) is 21.6. The van der Waals surface area contributed by atoms with Crippen LogP contribution in [0.25, 0.3) is 22.0 Å². The fourth-order valence-electron chi connectivity index (χ4n) is 3.24. The number of hydrazone groups is 1. The van der Waals surface area contributed by atoms with Crippen LogP contribution in [0.3, 0.4) is 0 Å². The van der Waals surface area contributed by atoms with Gasteiger partial charge in [-0.3, -0.25) is 9.59 Å². The summed E-state index contributed by atoms with van der Waals surface area (Å²) in [6.45, 7) is 2.01. The van der Waals surface area contributed by atoms with Gasteiger partial charge in [0.25, 0.3) is 11.5 Å². The van der Waals surface area contributed by atoms with Crippen LogP contribution < -0.4 is 15.7 Å². The highest BCUT2D eigenvalue weighted by Crippen LogP contribution is 2.33. The molecule has 9 heteroatoms. The molecule has 2 heterocycles. The Labute approximate surface area is 188 Å². The molecule has 0 saturated heterocycles. The van der Waals surface area contributed by atoms with Crippen LogP contribution in [-0.4, -0.2) is 38.9 Å². The summed E-state index contributed by atoms with van der Waals surface area (Å²) in [4.78, 5) is 32.2. The smallest absolute Gasteiger partial charge is 0.291 e. The van der Waals surface area contributed by atoms with E-state index in [4.69, 9.17) is 4.74 Å². The third kappa shape index (κ3) is 4.52.